The molecule has 1 aliphatic rings. The summed E-state index contributed by atoms with van der Waals surface area (Å²) in [5.74, 6) is 0.228. The number of hydrogen-bond donors (Lipinski definition) is 2. The van der Waals surface area contributed by atoms with Crippen LogP contribution in [-0.2, 0) is 9.84 Å². The maximum atomic E-state index is 11.9. The Kier molecular flexibility index (Phi) is 3.16. The summed E-state index contributed by atoms with van der Waals surface area (Å²) in [7, 11) is -1.14. The molecule has 16 heavy (non-hydrogen) atoms. The minimum absolute atomic E-state index is 0.228. The van der Waals surface area contributed by atoms with Gasteiger partial charge in [0, 0.05) is 25.8 Å². The van der Waals surface area contributed by atoms with Gasteiger partial charge in [0.25, 0.3) is 0 Å². The van der Waals surface area contributed by atoms with E-state index in [1.165, 1.54) is 0 Å². The number of sulfone groups is 1. The van der Waals surface area contributed by atoms with Gasteiger partial charge in [-0.15, -0.1) is 0 Å². The second-order valence-corrected chi connectivity index (χ2v) is 6.23. The molecule has 1 aromatic carbocycles. The van der Waals surface area contributed by atoms with Gasteiger partial charge in [-0.25, -0.2) is 8.42 Å². The minimum Gasteiger partial charge on any atom is -0.388 e. The van der Waals surface area contributed by atoms with Crippen molar-refractivity contribution in [2.75, 3.05) is 31.2 Å². The highest BCUT2D eigenvalue weighted by Gasteiger charge is 2.29. The van der Waals surface area contributed by atoms with Crippen molar-refractivity contribution < 1.29 is 8.42 Å². The Bertz CT molecular complexity index is 453. The van der Waals surface area contributed by atoms with Gasteiger partial charge in [-0.1, -0.05) is 12.1 Å². The molecule has 1 saturated heterocycles. The van der Waals surface area contributed by atoms with Crippen LogP contribution in [0.5, 0.6) is 0 Å². The molecule has 88 valence electrons. The van der Waals surface area contributed by atoms with Crippen LogP contribution in [0.25, 0.3) is 0 Å². The van der Waals surface area contributed by atoms with Crippen LogP contribution in [-0.4, -0.2) is 34.3 Å². The van der Waals surface area contributed by atoms with E-state index in [4.69, 9.17) is 0 Å². The molecule has 1 aromatic rings. The normalized spacial score (nSPS) is 23.9. The fraction of sp³-hybridized carbons (Fsp3) is 0.455. The van der Waals surface area contributed by atoms with Gasteiger partial charge in [0.1, 0.15) is 0 Å². The first kappa shape index (κ1) is 11.4. The van der Waals surface area contributed by atoms with E-state index in [9.17, 15) is 8.42 Å². The molecule has 1 aliphatic heterocycles. The molecule has 4 nitrogen and oxygen atoms in total. The highest BCUT2D eigenvalue weighted by molar-refractivity contribution is 7.91. The zero-order valence-electron chi connectivity index (χ0n) is 9.23. The quantitative estimate of drug-likeness (QED) is 0.802. The van der Waals surface area contributed by atoms with Crippen molar-refractivity contribution in [1.82, 2.24) is 5.32 Å². The monoisotopic (exact) mass is 240 g/mol. The molecule has 0 saturated carbocycles. The second kappa shape index (κ2) is 4.43. The Hall–Kier alpha value is -1.07. The first-order chi connectivity index (χ1) is 7.63. The molecular formula is C11H16N2O2S. The highest BCUT2D eigenvalue weighted by Crippen LogP contribution is 2.25. The van der Waals surface area contributed by atoms with Crippen LogP contribution in [0, 0.1) is 0 Å². The Balaban J connectivity index is 2.28. The standard InChI is InChI=1S/C11H16N2O2S/c1-12-10-4-2-9(3-5-10)11-8-13-6-7-16(11,14)15/h2-5,11-13H,6-8H2,1H3. The predicted molar refractivity (Wildman–Crippen MR) is 65.4 cm³/mol. The van der Waals surface area contributed by atoms with E-state index in [0.717, 1.165) is 11.3 Å². The van der Waals surface area contributed by atoms with Gasteiger partial charge in [-0.05, 0) is 17.7 Å². The third-order valence-electron chi connectivity index (χ3n) is 2.90. The Morgan fingerprint density at radius 2 is 2.00 bits per heavy atom. The third kappa shape index (κ3) is 2.20. The maximum Gasteiger partial charge on any atom is 0.159 e. The minimum atomic E-state index is -2.98. The molecule has 0 spiro atoms. The third-order valence-corrected chi connectivity index (χ3v) is 4.98. The molecule has 0 bridgehead atoms. The molecule has 1 unspecified atom stereocenters. The first-order valence-corrected chi connectivity index (χ1v) is 7.05. The van der Waals surface area contributed by atoms with Crippen LogP contribution in [0.3, 0.4) is 0 Å². The number of rotatable bonds is 2. The molecular weight excluding hydrogens is 224 g/mol. The fourth-order valence-electron chi connectivity index (χ4n) is 1.91. The van der Waals surface area contributed by atoms with Crippen molar-refractivity contribution in [1.29, 1.82) is 0 Å². The molecule has 5 heteroatoms. The number of nitrogens with one attached hydrogen (secondary N) is 2. The van der Waals surface area contributed by atoms with Crippen LogP contribution in [0.2, 0.25) is 0 Å². The number of anilines is 1. The molecule has 2 rings (SSSR count). The van der Waals surface area contributed by atoms with Crippen LogP contribution < -0.4 is 10.6 Å². The summed E-state index contributed by atoms with van der Waals surface area (Å²) in [5.41, 5.74) is 1.86. The number of benzene rings is 1. The fourth-order valence-corrected chi connectivity index (χ4v) is 3.56. The summed E-state index contributed by atoms with van der Waals surface area (Å²) in [6.07, 6.45) is 0. The van der Waals surface area contributed by atoms with Gasteiger partial charge in [0.15, 0.2) is 9.84 Å². The van der Waals surface area contributed by atoms with Crippen molar-refractivity contribution >= 4 is 15.5 Å². The molecule has 0 radical (unpaired) electrons. The molecule has 1 heterocycles. The van der Waals surface area contributed by atoms with Gasteiger partial charge in [-0.2, -0.15) is 0 Å². The predicted octanol–water partition coefficient (Wildman–Crippen LogP) is 0.787. The molecule has 0 amide bonds. The smallest absolute Gasteiger partial charge is 0.159 e. The zero-order valence-corrected chi connectivity index (χ0v) is 10.0. The van der Waals surface area contributed by atoms with Gasteiger partial charge in [0.05, 0.1) is 11.0 Å². The Morgan fingerprint density at radius 3 is 2.56 bits per heavy atom. The molecule has 0 aromatic heterocycles. The molecule has 1 fully saturated rings. The van der Waals surface area contributed by atoms with Crippen LogP contribution in [0.4, 0.5) is 5.69 Å². The van der Waals surface area contributed by atoms with E-state index in [2.05, 4.69) is 10.6 Å². The largest absolute Gasteiger partial charge is 0.388 e. The summed E-state index contributed by atoms with van der Waals surface area (Å²) < 4.78 is 23.8. The lowest BCUT2D eigenvalue weighted by Crippen LogP contribution is -2.38. The van der Waals surface area contributed by atoms with Crippen molar-refractivity contribution in [2.24, 2.45) is 0 Å². The van der Waals surface area contributed by atoms with Gasteiger partial charge >= 0.3 is 0 Å². The van der Waals surface area contributed by atoms with Crippen molar-refractivity contribution in [3.05, 3.63) is 29.8 Å². The van der Waals surface area contributed by atoms with Crippen molar-refractivity contribution in [3.8, 4) is 0 Å². The van der Waals surface area contributed by atoms with E-state index >= 15 is 0 Å². The average Bonchev–Trinajstić information content (AvgIpc) is 2.29. The average molecular weight is 240 g/mol. The van der Waals surface area contributed by atoms with E-state index in [0.29, 0.717) is 13.1 Å². The summed E-state index contributed by atoms with van der Waals surface area (Å²) in [6.45, 7) is 1.08. The summed E-state index contributed by atoms with van der Waals surface area (Å²) in [4.78, 5) is 0. The van der Waals surface area contributed by atoms with Gasteiger partial charge in [-0.3, -0.25) is 0 Å². The van der Waals surface area contributed by atoms with Crippen molar-refractivity contribution in [2.45, 2.75) is 5.25 Å². The summed E-state index contributed by atoms with van der Waals surface area (Å²) in [6, 6.07) is 7.56. The number of hydrogen-bond acceptors (Lipinski definition) is 4. The lowest BCUT2D eigenvalue weighted by molar-refractivity contribution is 0.551. The molecule has 2 N–H and O–H groups in total. The first-order valence-electron chi connectivity index (χ1n) is 5.33. The second-order valence-electron chi connectivity index (χ2n) is 3.93. The Morgan fingerprint density at radius 1 is 1.31 bits per heavy atom. The lowest BCUT2D eigenvalue weighted by Gasteiger charge is -2.23. The van der Waals surface area contributed by atoms with Gasteiger partial charge < -0.3 is 10.6 Å². The highest BCUT2D eigenvalue weighted by atomic mass is 32.2. The zero-order chi connectivity index (χ0) is 11.6. The Labute approximate surface area is 96.0 Å². The van der Waals surface area contributed by atoms with E-state index in [-0.39, 0.29) is 5.75 Å². The van der Waals surface area contributed by atoms with E-state index in [1.807, 2.05) is 31.3 Å². The van der Waals surface area contributed by atoms with Crippen LogP contribution in [0.1, 0.15) is 10.8 Å². The maximum absolute atomic E-state index is 11.9. The summed E-state index contributed by atoms with van der Waals surface area (Å²) in [5, 5.41) is 5.74. The SMILES string of the molecule is CNc1ccc(C2CNCCS2(=O)=O)cc1. The van der Waals surface area contributed by atoms with Crippen molar-refractivity contribution in [3.63, 3.8) is 0 Å². The van der Waals surface area contributed by atoms with Crippen LogP contribution >= 0.6 is 0 Å². The summed E-state index contributed by atoms with van der Waals surface area (Å²) >= 11 is 0. The van der Waals surface area contributed by atoms with Gasteiger partial charge in [0.2, 0.25) is 0 Å². The topological polar surface area (TPSA) is 58.2 Å². The van der Waals surface area contributed by atoms with Crippen LogP contribution in [0.15, 0.2) is 24.3 Å². The van der Waals surface area contributed by atoms with E-state index in [1.54, 1.807) is 0 Å². The lowest BCUT2D eigenvalue weighted by atomic mass is 10.1. The molecule has 0 aliphatic carbocycles. The molecule has 1 atom stereocenters. The van der Waals surface area contributed by atoms with E-state index < -0.39 is 15.1 Å².